The summed E-state index contributed by atoms with van der Waals surface area (Å²) in [6, 6.07) is 20.6. The van der Waals surface area contributed by atoms with Gasteiger partial charge in [0.25, 0.3) is 11.8 Å². The van der Waals surface area contributed by atoms with E-state index in [9.17, 15) is 14.9 Å². The van der Waals surface area contributed by atoms with Crippen molar-refractivity contribution in [1.82, 2.24) is 0 Å². The number of rotatable bonds is 7. The number of carbonyl (C=O) groups excluding carboxylic acids is 2. The van der Waals surface area contributed by atoms with E-state index in [0.29, 0.717) is 27.7 Å². The molecular weight excluding hydrogens is 461 g/mol. The number of carbonyl (C=O) groups is 2. The molecule has 0 saturated carbocycles. The van der Waals surface area contributed by atoms with Gasteiger partial charge in [0.1, 0.15) is 17.4 Å². The van der Waals surface area contributed by atoms with Crippen LogP contribution < -0.4 is 15.4 Å². The number of nitrogens with one attached hydrogen (secondary N) is 2. The number of hydrogen-bond donors (Lipinski definition) is 2. The Morgan fingerprint density at radius 1 is 1.03 bits per heavy atom. The molecule has 8 heteroatoms. The molecule has 0 spiro atoms. The summed E-state index contributed by atoms with van der Waals surface area (Å²) in [5.41, 5.74) is 2.58. The molecule has 0 aliphatic carbocycles. The molecule has 6 nitrogen and oxygen atoms in total. The van der Waals surface area contributed by atoms with Crippen LogP contribution in [-0.2, 0) is 9.59 Å². The minimum Gasteiger partial charge on any atom is -0.482 e. The Labute approximate surface area is 201 Å². The van der Waals surface area contributed by atoms with Crippen molar-refractivity contribution in [2.75, 3.05) is 17.2 Å². The van der Waals surface area contributed by atoms with Crippen LogP contribution in [0.4, 0.5) is 11.4 Å². The number of ether oxygens (including phenoxy) is 1. The first kappa shape index (κ1) is 23.9. The van der Waals surface area contributed by atoms with Crippen molar-refractivity contribution in [2.24, 2.45) is 0 Å². The van der Waals surface area contributed by atoms with E-state index in [4.69, 9.17) is 27.9 Å². The van der Waals surface area contributed by atoms with Crippen LogP contribution in [-0.4, -0.2) is 18.4 Å². The highest BCUT2D eigenvalue weighted by molar-refractivity contribution is 6.32. The number of para-hydroxylation sites is 1. The van der Waals surface area contributed by atoms with Crippen molar-refractivity contribution in [3.63, 3.8) is 0 Å². The van der Waals surface area contributed by atoms with E-state index in [1.165, 1.54) is 6.08 Å². The molecule has 0 unspecified atom stereocenters. The Morgan fingerprint density at radius 3 is 2.42 bits per heavy atom. The van der Waals surface area contributed by atoms with Crippen LogP contribution in [0.15, 0.2) is 72.3 Å². The highest BCUT2D eigenvalue weighted by atomic mass is 35.5. The maximum Gasteiger partial charge on any atom is 0.266 e. The van der Waals surface area contributed by atoms with Crippen LogP contribution in [0.5, 0.6) is 5.75 Å². The summed E-state index contributed by atoms with van der Waals surface area (Å²) in [5.74, 6) is -0.586. The predicted molar refractivity (Wildman–Crippen MR) is 130 cm³/mol. The van der Waals surface area contributed by atoms with E-state index in [-0.39, 0.29) is 23.1 Å². The Balaban J connectivity index is 1.63. The SMILES string of the molecule is Cc1ccccc1NC(=O)COc1ccc(/C=C(/C#N)C(=O)Nc2ccc(Cl)cc2)cc1Cl. The van der Waals surface area contributed by atoms with Crippen molar-refractivity contribution in [2.45, 2.75) is 6.92 Å². The highest BCUT2D eigenvalue weighted by Crippen LogP contribution is 2.27. The normalized spacial score (nSPS) is 10.8. The lowest BCUT2D eigenvalue weighted by molar-refractivity contribution is -0.118. The molecular formula is C25H19Cl2N3O3. The van der Waals surface area contributed by atoms with Crippen LogP contribution in [0.25, 0.3) is 6.08 Å². The van der Waals surface area contributed by atoms with E-state index < -0.39 is 5.91 Å². The number of halogens is 2. The van der Waals surface area contributed by atoms with E-state index in [2.05, 4.69) is 10.6 Å². The van der Waals surface area contributed by atoms with Gasteiger partial charge in [-0.2, -0.15) is 5.26 Å². The zero-order chi connectivity index (χ0) is 23.8. The molecule has 0 aromatic heterocycles. The van der Waals surface area contributed by atoms with Gasteiger partial charge in [0.05, 0.1) is 5.02 Å². The molecule has 0 aliphatic heterocycles. The molecule has 0 fully saturated rings. The van der Waals surface area contributed by atoms with Crippen LogP contribution in [0.2, 0.25) is 10.0 Å². The molecule has 0 heterocycles. The van der Waals surface area contributed by atoms with Crippen LogP contribution in [0.3, 0.4) is 0 Å². The van der Waals surface area contributed by atoms with Crippen molar-refractivity contribution >= 4 is 52.5 Å². The third-order valence-corrected chi connectivity index (χ3v) is 5.06. The second-order valence-electron chi connectivity index (χ2n) is 6.97. The number of aryl methyl sites for hydroxylation is 1. The summed E-state index contributed by atoms with van der Waals surface area (Å²) in [4.78, 5) is 24.6. The van der Waals surface area contributed by atoms with Gasteiger partial charge in [0, 0.05) is 16.4 Å². The Bertz CT molecular complexity index is 1250. The predicted octanol–water partition coefficient (Wildman–Crippen LogP) is 5.87. The van der Waals surface area contributed by atoms with Crippen molar-refractivity contribution in [1.29, 1.82) is 5.26 Å². The van der Waals surface area contributed by atoms with Gasteiger partial charge in [-0.15, -0.1) is 0 Å². The second kappa shape index (κ2) is 11.2. The van der Waals surface area contributed by atoms with Crippen molar-refractivity contribution < 1.29 is 14.3 Å². The summed E-state index contributed by atoms with van der Waals surface area (Å²) < 4.78 is 5.51. The van der Waals surface area contributed by atoms with Crippen LogP contribution in [0, 0.1) is 18.3 Å². The molecule has 3 aromatic carbocycles. The largest absolute Gasteiger partial charge is 0.482 e. The summed E-state index contributed by atoms with van der Waals surface area (Å²) in [5, 5.41) is 15.6. The Hall–Kier alpha value is -3.79. The van der Waals surface area contributed by atoms with E-state index in [0.717, 1.165) is 5.56 Å². The fourth-order valence-electron chi connectivity index (χ4n) is 2.81. The lowest BCUT2D eigenvalue weighted by Gasteiger charge is -2.11. The molecule has 33 heavy (non-hydrogen) atoms. The Kier molecular flexibility index (Phi) is 8.09. The number of nitrogens with zero attached hydrogens (tertiary/aromatic N) is 1. The molecule has 0 radical (unpaired) electrons. The molecule has 3 rings (SSSR count). The monoisotopic (exact) mass is 479 g/mol. The zero-order valence-corrected chi connectivity index (χ0v) is 19.1. The van der Waals surface area contributed by atoms with Crippen molar-refractivity contribution in [3.8, 4) is 11.8 Å². The third-order valence-electron chi connectivity index (χ3n) is 4.51. The van der Waals surface area contributed by atoms with E-state index in [1.807, 2.05) is 31.2 Å². The smallest absolute Gasteiger partial charge is 0.266 e. The fourth-order valence-corrected chi connectivity index (χ4v) is 3.18. The number of nitriles is 1. The van der Waals surface area contributed by atoms with Gasteiger partial charge in [0.15, 0.2) is 6.61 Å². The molecule has 2 amide bonds. The maximum absolute atomic E-state index is 12.4. The molecule has 166 valence electrons. The van der Waals surface area contributed by atoms with Gasteiger partial charge in [0.2, 0.25) is 0 Å². The van der Waals surface area contributed by atoms with Gasteiger partial charge >= 0.3 is 0 Å². The van der Waals surface area contributed by atoms with E-state index in [1.54, 1.807) is 48.5 Å². The summed E-state index contributed by atoms with van der Waals surface area (Å²) in [6.45, 7) is 1.67. The van der Waals surface area contributed by atoms with Crippen LogP contribution in [0.1, 0.15) is 11.1 Å². The first-order valence-corrected chi connectivity index (χ1v) is 10.6. The Morgan fingerprint density at radius 2 is 1.76 bits per heavy atom. The average molecular weight is 480 g/mol. The maximum atomic E-state index is 12.4. The average Bonchev–Trinajstić information content (AvgIpc) is 2.80. The third kappa shape index (κ3) is 6.84. The molecule has 0 saturated heterocycles. The topological polar surface area (TPSA) is 91.2 Å². The molecule has 3 aromatic rings. The number of hydrogen-bond acceptors (Lipinski definition) is 4. The lowest BCUT2D eigenvalue weighted by atomic mass is 10.1. The van der Waals surface area contributed by atoms with Crippen LogP contribution >= 0.6 is 23.2 Å². The number of amides is 2. The standard InChI is InChI=1S/C25H19Cl2N3O3/c1-16-4-2-3-5-22(16)30-24(31)15-33-23-11-6-17(13-21(23)27)12-18(14-28)25(32)29-20-9-7-19(26)8-10-20/h2-13H,15H2,1H3,(H,29,32)(H,30,31)/b18-12-. The summed E-state index contributed by atoms with van der Waals surface area (Å²) in [6.07, 6.45) is 1.41. The first-order valence-electron chi connectivity index (χ1n) is 9.82. The van der Waals surface area contributed by atoms with Gasteiger partial charge in [-0.1, -0.05) is 47.5 Å². The molecule has 0 bridgehead atoms. The van der Waals surface area contributed by atoms with Gasteiger partial charge < -0.3 is 15.4 Å². The lowest BCUT2D eigenvalue weighted by Crippen LogP contribution is -2.20. The minimum atomic E-state index is -0.566. The van der Waals surface area contributed by atoms with Gasteiger partial charge in [-0.05, 0) is 66.6 Å². The fraction of sp³-hybridized carbons (Fsp3) is 0.0800. The molecule has 2 N–H and O–H groups in total. The molecule has 0 atom stereocenters. The first-order chi connectivity index (χ1) is 15.9. The zero-order valence-electron chi connectivity index (χ0n) is 17.6. The number of benzene rings is 3. The number of anilines is 2. The highest BCUT2D eigenvalue weighted by Gasteiger charge is 2.12. The summed E-state index contributed by atoms with van der Waals surface area (Å²) >= 11 is 12.1. The van der Waals surface area contributed by atoms with Crippen molar-refractivity contribution in [3.05, 3.63) is 93.5 Å². The van der Waals surface area contributed by atoms with Gasteiger partial charge in [-0.25, -0.2) is 0 Å². The van der Waals surface area contributed by atoms with Gasteiger partial charge in [-0.3, -0.25) is 9.59 Å². The van der Waals surface area contributed by atoms with E-state index >= 15 is 0 Å². The second-order valence-corrected chi connectivity index (χ2v) is 7.82. The quantitative estimate of drug-likeness (QED) is 0.327. The molecule has 0 aliphatic rings. The summed E-state index contributed by atoms with van der Waals surface area (Å²) in [7, 11) is 0. The minimum absolute atomic E-state index is 0.104.